The van der Waals surface area contributed by atoms with Crippen LogP contribution < -0.4 is 20.7 Å². The van der Waals surface area contributed by atoms with Gasteiger partial charge in [-0.25, -0.2) is 15.0 Å². The van der Waals surface area contributed by atoms with E-state index in [0.717, 1.165) is 16.9 Å². The van der Waals surface area contributed by atoms with Crippen LogP contribution in [-0.2, 0) is 11.2 Å². The lowest BCUT2D eigenvalue weighted by atomic mass is 10.1. The van der Waals surface area contributed by atoms with Gasteiger partial charge in [-0.2, -0.15) is 0 Å². The number of aromatic nitrogens is 3. The Hall–Kier alpha value is -3.68. The van der Waals surface area contributed by atoms with E-state index in [1.54, 1.807) is 13.3 Å². The maximum atomic E-state index is 12.2. The van der Waals surface area contributed by atoms with E-state index in [-0.39, 0.29) is 12.3 Å². The highest BCUT2D eigenvalue weighted by molar-refractivity contribution is 5.79. The van der Waals surface area contributed by atoms with Gasteiger partial charge in [0.2, 0.25) is 5.91 Å². The first-order chi connectivity index (χ1) is 14.5. The molecule has 1 amide bonds. The lowest BCUT2D eigenvalue weighted by Crippen LogP contribution is -2.30. The summed E-state index contributed by atoms with van der Waals surface area (Å²) in [6.07, 6.45) is 2.02. The van der Waals surface area contributed by atoms with E-state index in [2.05, 4.69) is 30.9 Å². The zero-order chi connectivity index (χ0) is 21.3. The molecule has 8 nitrogen and oxygen atoms in total. The Balaban J connectivity index is 1.50. The van der Waals surface area contributed by atoms with Gasteiger partial charge in [0.25, 0.3) is 0 Å². The number of rotatable bonds is 9. The number of hydrogen-bond donors (Lipinski definition) is 3. The average Bonchev–Trinajstić information content (AvgIpc) is 2.71. The lowest BCUT2D eigenvalue weighted by molar-refractivity contribution is -0.120. The number of nitrogens with zero attached hydrogens (tertiary/aromatic N) is 3. The third kappa shape index (κ3) is 6.16. The Morgan fingerprint density at radius 3 is 2.60 bits per heavy atom. The summed E-state index contributed by atoms with van der Waals surface area (Å²) in [6.45, 7) is 4.85. The van der Waals surface area contributed by atoms with Crippen molar-refractivity contribution in [3.63, 3.8) is 0 Å². The van der Waals surface area contributed by atoms with Gasteiger partial charge in [-0.15, -0.1) is 0 Å². The molecule has 156 valence electrons. The number of pyridine rings is 1. The summed E-state index contributed by atoms with van der Waals surface area (Å²) >= 11 is 0. The number of aryl methyl sites for hydroxylation is 2. The van der Waals surface area contributed by atoms with Gasteiger partial charge in [-0.3, -0.25) is 4.79 Å². The van der Waals surface area contributed by atoms with Crippen molar-refractivity contribution in [2.45, 2.75) is 20.3 Å². The third-order valence-electron chi connectivity index (χ3n) is 4.31. The average molecular weight is 406 g/mol. The largest absolute Gasteiger partial charge is 0.496 e. The van der Waals surface area contributed by atoms with Gasteiger partial charge >= 0.3 is 0 Å². The maximum Gasteiger partial charge on any atom is 0.224 e. The van der Waals surface area contributed by atoms with E-state index < -0.39 is 0 Å². The van der Waals surface area contributed by atoms with Crippen LogP contribution in [-0.4, -0.2) is 41.1 Å². The van der Waals surface area contributed by atoms with Crippen LogP contribution in [0.1, 0.15) is 17.0 Å². The van der Waals surface area contributed by atoms with Crippen molar-refractivity contribution in [3.05, 3.63) is 65.6 Å². The molecule has 0 aliphatic carbocycles. The zero-order valence-corrected chi connectivity index (χ0v) is 17.4. The molecular weight excluding hydrogens is 380 g/mol. The number of hydrogen-bond acceptors (Lipinski definition) is 7. The molecule has 0 spiro atoms. The number of carbonyl (C=O) groups excluding carboxylic acids is 1. The molecule has 0 radical (unpaired) electrons. The Kier molecular flexibility index (Phi) is 7.15. The van der Waals surface area contributed by atoms with Gasteiger partial charge in [0.1, 0.15) is 29.0 Å². The maximum absolute atomic E-state index is 12.2. The minimum absolute atomic E-state index is 0.0620. The molecule has 0 unspecified atom stereocenters. The van der Waals surface area contributed by atoms with Gasteiger partial charge in [0, 0.05) is 30.9 Å². The zero-order valence-electron chi connectivity index (χ0n) is 17.4. The molecule has 0 aliphatic heterocycles. The third-order valence-corrected chi connectivity index (χ3v) is 4.31. The van der Waals surface area contributed by atoms with Gasteiger partial charge in [0.05, 0.1) is 13.5 Å². The molecule has 3 aromatic rings. The van der Waals surface area contributed by atoms with Gasteiger partial charge in [0.15, 0.2) is 0 Å². The molecule has 3 rings (SSSR count). The molecule has 2 aromatic heterocycles. The molecule has 0 bridgehead atoms. The summed E-state index contributed by atoms with van der Waals surface area (Å²) in [4.78, 5) is 25.3. The lowest BCUT2D eigenvalue weighted by Gasteiger charge is -2.11. The molecular formula is C22H26N6O2. The van der Waals surface area contributed by atoms with Crippen LogP contribution in [0, 0.1) is 13.8 Å². The first-order valence-electron chi connectivity index (χ1n) is 9.71. The molecule has 0 aliphatic rings. The second-order valence-corrected chi connectivity index (χ2v) is 6.79. The smallest absolute Gasteiger partial charge is 0.224 e. The number of anilines is 3. The van der Waals surface area contributed by atoms with E-state index in [1.165, 1.54) is 0 Å². The number of carbonyl (C=O) groups is 1. The first kappa shape index (κ1) is 21.0. The van der Waals surface area contributed by atoms with Crippen LogP contribution in [0.25, 0.3) is 0 Å². The van der Waals surface area contributed by atoms with Crippen LogP contribution in [0.2, 0.25) is 0 Å². The minimum atomic E-state index is -0.0620. The van der Waals surface area contributed by atoms with Crippen LogP contribution in [0.4, 0.5) is 17.5 Å². The van der Waals surface area contributed by atoms with E-state index in [9.17, 15) is 4.79 Å². The van der Waals surface area contributed by atoms with E-state index >= 15 is 0 Å². The van der Waals surface area contributed by atoms with Crippen LogP contribution in [0.3, 0.4) is 0 Å². The van der Waals surface area contributed by atoms with Crippen molar-refractivity contribution in [1.82, 2.24) is 20.3 Å². The van der Waals surface area contributed by atoms with E-state index in [0.29, 0.717) is 36.3 Å². The highest BCUT2D eigenvalue weighted by Gasteiger charge is 2.08. The van der Waals surface area contributed by atoms with E-state index in [1.807, 2.05) is 56.3 Å². The van der Waals surface area contributed by atoms with Crippen molar-refractivity contribution in [3.8, 4) is 5.75 Å². The quantitative estimate of drug-likeness (QED) is 0.470. The van der Waals surface area contributed by atoms with Crippen molar-refractivity contribution in [1.29, 1.82) is 0 Å². The summed E-state index contributed by atoms with van der Waals surface area (Å²) in [5.74, 6) is 3.34. The molecule has 0 saturated heterocycles. The summed E-state index contributed by atoms with van der Waals surface area (Å²) < 4.78 is 5.28. The highest BCUT2D eigenvalue weighted by Crippen LogP contribution is 2.18. The molecule has 0 atom stereocenters. The van der Waals surface area contributed by atoms with Crippen LogP contribution >= 0.6 is 0 Å². The normalized spacial score (nSPS) is 10.4. The fourth-order valence-corrected chi connectivity index (χ4v) is 2.94. The molecule has 3 N–H and O–H groups in total. The second kappa shape index (κ2) is 10.2. The number of ether oxygens (including phenoxy) is 1. The predicted molar refractivity (Wildman–Crippen MR) is 117 cm³/mol. The number of amides is 1. The minimum Gasteiger partial charge on any atom is -0.496 e. The molecule has 1 aromatic carbocycles. The number of methoxy groups -OCH3 is 1. The molecule has 0 saturated carbocycles. The standard InChI is InChI=1S/C22H26N6O2/c1-15-8-9-23-19(12-15)28-21-14-20(26-16(2)27-21)24-10-11-25-22(29)13-17-6-4-5-7-18(17)30-3/h4-9,12,14H,10-11,13H2,1-3H3,(H,25,29)(H2,23,24,26,27,28). The number of para-hydroxylation sites is 1. The van der Waals surface area contributed by atoms with E-state index in [4.69, 9.17) is 4.74 Å². The van der Waals surface area contributed by atoms with Crippen molar-refractivity contribution < 1.29 is 9.53 Å². The van der Waals surface area contributed by atoms with Crippen LogP contribution in [0.5, 0.6) is 5.75 Å². The van der Waals surface area contributed by atoms with Crippen molar-refractivity contribution in [2.24, 2.45) is 0 Å². The Labute approximate surface area is 176 Å². The summed E-state index contributed by atoms with van der Waals surface area (Å²) in [7, 11) is 1.60. The second-order valence-electron chi connectivity index (χ2n) is 6.79. The van der Waals surface area contributed by atoms with Gasteiger partial charge in [-0.1, -0.05) is 18.2 Å². The van der Waals surface area contributed by atoms with Gasteiger partial charge in [-0.05, 0) is 37.6 Å². The fourth-order valence-electron chi connectivity index (χ4n) is 2.94. The highest BCUT2D eigenvalue weighted by atomic mass is 16.5. The van der Waals surface area contributed by atoms with Crippen molar-refractivity contribution in [2.75, 3.05) is 30.8 Å². The summed E-state index contributed by atoms with van der Waals surface area (Å²) in [5, 5.41) is 9.30. The summed E-state index contributed by atoms with van der Waals surface area (Å²) in [6, 6.07) is 13.2. The predicted octanol–water partition coefficient (Wildman–Crippen LogP) is 3.01. The fraction of sp³-hybridized carbons (Fsp3) is 0.273. The van der Waals surface area contributed by atoms with Crippen LogP contribution in [0.15, 0.2) is 48.7 Å². The first-order valence-corrected chi connectivity index (χ1v) is 9.71. The Bertz CT molecular complexity index is 1010. The Morgan fingerprint density at radius 1 is 1.00 bits per heavy atom. The van der Waals surface area contributed by atoms with Crippen molar-refractivity contribution >= 4 is 23.4 Å². The monoisotopic (exact) mass is 406 g/mol. The molecule has 0 fully saturated rings. The number of nitrogens with one attached hydrogen (secondary N) is 3. The summed E-state index contributed by atoms with van der Waals surface area (Å²) in [5.41, 5.74) is 1.97. The SMILES string of the molecule is COc1ccccc1CC(=O)NCCNc1cc(Nc2cc(C)ccn2)nc(C)n1. The molecule has 8 heteroatoms. The molecule has 2 heterocycles. The number of benzene rings is 1. The van der Waals surface area contributed by atoms with Gasteiger partial charge < -0.3 is 20.7 Å². The topological polar surface area (TPSA) is 101 Å². The molecule has 30 heavy (non-hydrogen) atoms. The Morgan fingerprint density at radius 2 is 1.80 bits per heavy atom.